The molecule has 1 fully saturated rings. The maximum absolute atomic E-state index is 9.54. The van der Waals surface area contributed by atoms with Gasteiger partial charge in [0.1, 0.15) is 5.82 Å². The van der Waals surface area contributed by atoms with E-state index in [0.717, 1.165) is 31.6 Å². The van der Waals surface area contributed by atoms with Crippen molar-refractivity contribution in [1.29, 1.82) is 0 Å². The highest BCUT2D eigenvalue weighted by molar-refractivity contribution is 6.29. The molecule has 1 aliphatic carbocycles. The van der Waals surface area contributed by atoms with Gasteiger partial charge in [0, 0.05) is 6.54 Å². The molecule has 0 aliphatic heterocycles. The molecule has 0 amide bonds. The van der Waals surface area contributed by atoms with Gasteiger partial charge in [-0.05, 0) is 37.3 Å². The van der Waals surface area contributed by atoms with Gasteiger partial charge in [0.25, 0.3) is 0 Å². The summed E-state index contributed by atoms with van der Waals surface area (Å²) in [6.07, 6.45) is 3.98. The van der Waals surface area contributed by atoms with E-state index >= 15 is 0 Å². The molecule has 1 heterocycles. The van der Waals surface area contributed by atoms with Crippen LogP contribution >= 0.6 is 11.6 Å². The fraction of sp³-hybridized carbons (Fsp3) is 0.636. The highest BCUT2D eigenvalue weighted by atomic mass is 35.5. The van der Waals surface area contributed by atoms with Gasteiger partial charge >= 0.3 is 0 Å². The van der Waals surface area contributed by atoms with Gasteiger partial charge in [0.05, 0.1) is 6.10 Å². The van der Waals surface area contributed by atoms with Gasteiger partial charge in [0.2, 0.25) is 0 Å². The summed E-state index contributed by atoms with van der Waals surface area (Å²) in [7, 11) is 0. The first-order valence-corrected chi connectivity index (χ1v) is 6.03. The number of nitrogens with zero attached hydrogens (tertiary/aromatic N) is 2. The van der Waals surface area contributed by atoms with E-state index in [4.69, 9.17) is 11.6 Å². The summed E-state index contributed by atoms with van der Waals surface area (Å²) in [5.74, 6) is 1.27. The largest absolute Gasteiger partial charge is 0.393 e. The van der Waals surface area contributed by atoms with Crippen molar-refractivity contribution in [3.63, 3.8) is 0 Å². The van der Waals surface area contributed by atoms with Gasteiger partial charge in [0.15, 0.2) is 5.15 Å². The minimum atomic E-state index is -0.128. The summed E-state index contributed by atoms with van der Waals surface area (Å²) in [6.45, 7) is 0.841. The second kappa shape index (κ2) is 5.46. The Hall–Kier alpha value is -0.870. The van der Waals surface area contributed by atoms with Crippen molar-refractivity contribution < 1.29 is 5.11 Å². The third-order valence-electron chi connectivity index (χ3n) is 2.96. The normalized spacial score (nSPS) is 25.4. The predicted molar refractivity (Wildman–Crippen MR) is 63.5 cm³/mol. The number of anilines is 1. The SMILES string of the molecule is OC1CCCC(CNc2ccc(Cl)nn2)C1. The molecule has 16 heavy (non-hydrogen) atoms. The lowest BCUT2D eigenvalue weighted by Crippen LogP contribution is -2.25. The minimum absolute atomic E-state index is 0.128. The molecule has 2 rings (SSSR count). The zero-order chi connectivity index (χ0) is 11.4. The zero-order valence-corrected chi connectivity index (χ0v) is 9.82. The fourth-order valence-electron chi connectivity index (χ4n) is 2.11. The Balaban J connectivity index is 1.80. The van der Waals surface area contributed by atoms with E-state index in [1.54, 1.807) is 6.07 Å². The van der Waals surface area contributed by atoms with Gasteiger partial charge in [-0.15, -0.1) is 10.2 Å². The first-order chi connectivity index (χ1) is 7.74. The van der Waals surface area contributed by atoms with E-state index in [0.29, 0.717) is 11.1 Å². The Kier molecular flexibility index (Phi) is 3.96. The van der Waals surface area contributed by atoms with Crippen molar-refractivity contribution in [3.05, 3.63) is 17.3 Å². The van der Waals surface area contributed by atoms with E-state index < -0.39 is 0 Å². The molecule has 0 saturated heterocycles. The predicted octanol–water partition coefficient (Wildman–Crippen LogP) is 2.09. The van der Waals surface area contributed by atoms with Crippen LogP contribution in [-0.2, 0) is 0 Å². The van der Waals surface area contributed by atoms with Crippen LogP contribution in [0.15, 0.2) is 12.1 Å². The van der Waals surface area contributed by atoms with E-state index in [1.165, 1.54) is 6.42 Å². The molecule has 2 N–H and O–H groups in total. The molecule has 1 saturated carbocycles. The number of rotatable bonds is 3. The average molecular weight is 242 g/mol. The Morgan fingerprint density at radius 3 is 2.94 bits per heavy atom. The molecule has 0 bridgehead atoms. The first kappa shape index (κ1) is 11.6. The van der Waals surface area contributed by atoms with Crippen LogP contribution in [-0.4, -0.2) is 28.0 Å². The molecule has 1 aromatic heterocycles. The zero-order valence-electron chi connectivity index (χ0n) is 9.06. The van der Waals surface area contributed by atoms with Crippen molar-refractivity contribution in [2.45, 2.75) is 31.8 Å². The van der Waals surface area contributed by atoms with Crippen LogP contribution in [0.1, 0.15) is 25.7 Å². The van der Waals surface area contributed by atoms with Crippen molar-refractivity contribution in [2.24, 2.45) is 5.92 Å². The standard InChI is InChI=1S/C11H16ClN3O/c12-10-4-5-11(15-14-10)13-7-8-2-1-3-9(16)6-8/h4-5,8-9,16H,1-3,6-7H2,(H,13,15). The van der Waals surface area contributed by atoms with Crippen LogP contribution in [0.5, 0.6) is 0 Å². The van der Waals surface area contributed by atoms with Gasteiger partial charge < -0.3 is 10.4 Å². The quantitative estimate of drug-likeness (QED) is 0.851. The number of aromatic nitrogens is 2. The number of hydrogen-bond acceptors (Lipinski definition) is 4. The van der Waals surface area contributed by atoms with Gasteiger partial charge in [-0.2, -0.15) is 0 Å². The molecule has 2 atom stereocenters. The number of aliphatic hydroxyl groups excluding tert-OH is 1. The van der Waals surface area contributed by atoms with Gasteiger partial charge in [-0.25, -0.2) is 0 Å². The third-order valence-corrected chi connectivity index (χ3v) is 3.16. The lowest BCUT2D eigenvalue weighted by Gasteiger charge is -2.25. The topological polar surface area (TPSA) is 58.0 Å². The average Bonchev–Trinajstić information content (AvgIpc) is 2.28. The smallest absolute Gasteiger partial charge is 0.151 e. The molecule has 88 valence electrons. The van der Waals surface area contributed by atoms with Crippen molar-refractivity contribution >= 4 is 17.4 Å². The van der Waals surface area contributed by atoms with E-state index in [1.807, 2.05) is 6.07 Å². The Bertz CT molecular complexity index is 331. The van der Waals surface area contributed by atoms with Gasteiger partial charge in [-0.3, -0.25) is 0 Å². The summed E-state index contributed by atoms with van der Waals surface area (Å²) >= 11 is 5.65. The molecule has 1 aromatic rings. The molecule has 2 unspecified atom stereocenters. The van der Waals surface area contributed by atoms with E-state index in [-0.39, 0.29) is 6.10 Å². The maximum Gasteiger partial charge on any atom is 0.151 e. The van der Waals surface area contributed by atoms with Crippen molar-refractivity contribution in [2.75, 3.05) is 11.9 Å². The molecule has 0 spiro atoms. The Morgan fingerprint density at radius 1 is 1.38 bits per heavy atom. The molecular formula is C11H16ClN3O. The second-order valence-electron chi connectivity index (χ2n) is 4.31. The van der Waals surface area contributed by atoms with Crippen molar-refractivity contribution in [3.8, 4) is 0 Å². The van der Waals surface area contributed by atoms with Crippen LogP contribution in [0.4, 0.5) is 5.82 Å². The number of halogens is 1. The summed E-state index contributed by atoms with van der Waals surface area (Å²) in [4.78, 5) is 0. The summed E-state index contributed by atoms with van der Waals surface area (Å²) in [5.41, 5.74) is 0. The molecule has 0 radical (unpaired) electrons. The summed E-state index contributed by atoms with van der Waals surface area (Å²) in [5, 5.41) is 20.8. The maximum atomic E-state index is 9.54. The highest BCUT2D eigenvalue weighted by Gasteiger charge is 2.19. The van der Waals surface area contributed by atoms with Crippen LogP contribution in [0.25, 0.3) is 0 Å². The van der Waals surface area contributed by atoms with E-state index in [9.17, 15) is 5.11 Å². The van der Waals surface area contributed by atoms with Crippen molar-refractivity contribution in [1.82, 2.24) is 10.2 Å². The molecule has 0 aromatic carbocycles. The fourth-order valence-corrected chi connectivity index (χ4v) is 2.21. The minimum Gasteiger partial charge on any atom is -0.393 e. The molecule has 1 aliphatic rings. The monoisotopic (exact) mass is 241 g/mol. The molecule has 4 nitrogen and oxygen atoms in total. The lowest BCUT2D eigenvalue weighted by atomic mass is 9.87. The Morgan fingerprint density at radius 2 is 2.25 bits per heavy atom. The number of nitrogens with one attached hydrogen (secondary N) is 1. The van der Waals surface area contributed by atoms with Crippen LogP contribution in [0.3, 0.4) is 0 Å². The van der Waals surface area contributed by atoms with Crippen LogP contribution in [0.2, 0.25) is 5.15 Å². The van der Waals surface area contributed by atoms with Crippen LogP contribution in [0, 0.1) is 5.92 Å². The molecular weight excluding hydrogens is 226 g/mol. The lowest BCUT2D eigenvalue weighted by molar-refractivity contribution is 0.104. The summed E-state index contributed by atoms with van der Waals surface area (Å²) < 4.78 is 0. The Labute approximate surface area is 100 Å². The third kappa shape index (κ3) is 3.32. The highest BCUT2D eigenvalue weighted by Crippen LogP contribution is 2.24. The van der Waals surface area contributed by atoms with Crippen LogP contribution < -0.4 is 5.32 Å². The van der Waals surface area contributed by atoms with E-state index in [2.05, 4.69) is 15.5 Å². The first-order valence-electron chi connectivity index (χ1n) is 5.65. The number of hydrogen-bond donors (Lipinski definition) is 2. The number of aliphatic hydroxyl groups is 1. The second-order valence-corrected chi connectivity index (χ2v) is 4.70. The van der Waals surface area contributed by atoms with Gasteiger partial charge in [-0.1, -0.05) is 18.0 Å². The molecule has 5 heteroatoms. The summed E-state index contributed by atoms with van der Waals surface area (Å²) in [6, 6.07) is 3.53.